The number of aromatic hydroxyl groups is 1. The Kier molecular flexibility index (Phi) is 3.66. The van der Waals surface area contributed by atoms with Gasteiger partial charge in [0.05, 0.1) is 11.1 Å². The zero-order valence-electron chi connectivity index (χ0n) is 11.2. The number of thioether (sulfide) groups is 1. The van der Waals surface area contributed by atoms with Crippen LogP contribution in [-0.4, -0.2) is 34.1 Å². The number of phenols is 1. The Morgan fingerprint density at radius 1 is 0.905 bits per heavy atom. The minimum absolute atomic E-state index is 0.213. The Bertz CT molecular complexity index is 679. The highest BCUT2D eigenvalue weighted by Crippen LogP contribution is 2.28. The van der Waals surface area contributed by atoms with Crippen LogP contribution >= 0.6 is 11.8 Å². The van der Waals surface area contributed by atoms with Gasteiger partial charge in [0.2, 0.25) is 0 Å². The highest BCUT2D eigenvalue weighted by atomic mass is 32.2. The standard InChI is InChI=1S/C16H13NO3S/c18-13-7-3-4-8-14(13)21-10-9-17-15(19)11-5-1-2-6-12(11)16(17)20/h1-8,18H,9-10H2. The van der Waals surface area contributed by atoms with Crippen molar-refractivity contribution in [2.24, 2.45) is 0 Å². The normalized spacial score (nSPS) is 13.6. The highest BCUT2D eigenvalue weighted by molar-refractivity contribution is 7.99. The summed E-state index contributed by atoms with van der Waals surface area (Å²) < 4.78 is 0. The molecule has 0 saturated heterocycles. The van der Waals surface area contributed by atoms with Gasteiger partial charge in [0.1, 0.15) is 5.75 Å². The lowest BCUT2D eigenvalue weighted by atomic mass is 10.1. The lowest BCUT2D eigenvalue weighted by Crippen LogP contribution is -2.31. The second-order valence-corrected chi connectivity index (χ2v) is 5.76. The molecular weight excluding hydrogens is 286 g/mol. The summed E-state index contributed by atoms with van der Waals surface area (Å²) in [6.45, 7) is 0.325. The Labute approximate surface area is 126 Å². The Morgan fingerprint density at radius 3 is 2.10 bits per heavy atom. The van der Waals surface area contributed by atoms with Crippen LogP contribution in [0.4, 0.5) is 0 Å². The maximum atomic E-state index is 12.2. The van der Waals surface area contributed by atoms with Crippen LogP contribution in [0.1, 0.15) is 20.7 Å². The van der Waals surface area contributed by atoms with Gasteiger partial charge in [-0.2, -0.15) is 0 Å². The minimum atomic E-state index is -0.242. The van der Waals surface area contributed by atoms with E-state index in [1.54, 1.807) is 36.4 Å². The smallest absolute Gasteiger partial charge is 0.261 e. The second kappa shape index (κ2) is 5.61. The number of imide groups is 1. The van der Waals surface area contributed by atoms with E-state index in [1.165, 1.54) is 16.7 Å². The molecule has 21 heavy (non-hydrogen) atoms. The average molecular weight is 299 g/mol. The van der Waals surface area contributed by atoms with E-state index < -0.39 is 0 Å². The molecule has 106 valence electrons. The molecule has 0 fully saturated rings. The molecular formula is C16H13NO3S. The van der Waals surface area contributed by atoms with E-state index in [0.29, 0.717) is 23.4 Å². The first-order valence-electron chi connectivity index (χ1n) is 6.54. The fourth-order valence-electron chi connectivity index (χ4n) is 2.27. The predicted molar refractivity (Wildman–Crippen MR) is 80.6 cm³/mol. The van der Waals surface area contributed by atoms with Crippen LogP contribution in [0.15, 0.2) is 53.4 Å². The summed E-state index contributed by atoms with van der Waals surface area (Å²) in [6.07, 6.45) is 0. The summed E-state index contributed by atoms with van der Waals surface area (Å²) in [7, 11) is 0. The van der Waals surface area contributed by atoms with Crippen LogP contribution in [0.2, 0.25) is 0 Å². The van der Waals surface area contributed by atoms with E-state index in [-0.39, 0.29) is 17.6 Å². The number of hydrogen-bond donors (Lipinski definition) is 1. The number of hydrogen-bond acceptors (Lipinski definition) is 4. The summed E-state index contributed by atoms with van der Waals surface area (Å²) in [5.41, 5.74) is 0.935. The van der Waals surface area contributed by atoms with E-state index in [4.69, 9.17) is 0 Å². The SMILES string of the molecule is O=C1c2ccccc2C(=O)N1CCSc1ccccc1O. The van der Waals surface area contributed by atoms with Gasteiger partial charge in [0, 0.05) is 17.2 Å². The van der Waals surface area contributed by atoms with Crippen LogP contribution in [-0.2, 0) is 0 Å². The largest absolute Gasteiger partial charge is 0.507 e. The van der Waals surface area contributed by atoms with Crippen molar-refractivity contribution in [3.05, 3.63) is 59.7 Å². The van der Waals surface area contributed by atoms with Crippen molar-refractivity contribution in [2.45, 2.75) is 4.90 Å². The number of carbonyl (C=O) groups is 2. The zero-order valence-corrected chi connectivity index (χ0v) is 12.0. The van der Waals surface area contributed by atoms with E-state index in [0.717, 1.165) is 4.90 Å². The van der Waals surface area contributed by atoms with Gasteiger partial charge in [0.25, 0.3) is 11.8 Å². The molecule has 0 unspecified atom stereocenters. The monoisotopic (exact) mass is 299 g/mol. The van der Waals surface area contributed by atoms with Gasteiger partial charge in [0.15, 0.2) is 0 Å². The van der Waals surface area contributed by atoms with Crippen molar-refractivity contribution in [3.63, 3.8) is 0 Å². The highest BCUT2D eigenvalue weighted by Gasteiger charge is 2.34. The Morgan fingerprint density at radius 2 is 1.48 bits per heavy atom. The maximum absolute atomic E-state index is 12.2. The fourth-order valence-corrected chi connectivity index (χ4v) is 3.15. The van der Waals surface area contributed by atoms with Gasteiger partial charge in [-0.25, -0.2) is 0 Å². The van der Waals surface area contributed by atoms with Crippen LogP contribution in [0.3, 0.4) is 0 Å². The van der Waals surface area contributed by atoms with E-state index in [2.05, 4.69) is 0 Å². The van der Waals surface area contributed by atoms with Crippen molar-refractivity contribution in [1.29, 1.82) is 0 Å². The molecule has 2 aromatic rings. The molecule has 1 aliphatic rings. The van der Waals surface area contributed by atoms with Gasteiger partial charge < -0.3 is 5.11 Å². The topological polar surface area (TPSA) is 57.6 Å². The van der Waals surface area contributed by atoms with Crippen LogP contribution in [0.25, 0.3) is 0 Å². The molecule has 1 heterocycles. The molecule has 0 saturated carbocycles. The van der Waals surface area contributed by atoms with Gasteiger partial charge in [-0.3, -0.25) is 14.5 Å². The van der Waals surface area contributed by atoms with Gasteiger partial charge in [-0.15, -0.1) is 11.8 Å². The number of para-hydroxylation sites is 1. The third-order valence-corrected chi connectivity index (χ3v) is 4.36. The molecule has 4 nitrogen and oxygen atoms in total. The van der Waals surface area contributed by atoms with Crippen molar-refractivity contribution >= 4 is 23.6 Å². The molecule has 2 amide bonds. The Balaban J connectivity index is 1.66. The summed E-state index contributed by atoms with van der Waals surface area (Å²) in [4.78, 5) is 26.3. The van der Waals surface area contributed by atoms with Gasteiger partial charge >= 0.3 is 0 Å². The van der Waals surface area contributed by atoms with Crippen LogP contribution in [0.5, 0.6) is 5.75 Å². The number of carbonyl (C=O) groups excluding carboxylic acids is 2. The van der Waals surface area contributed by atoms with E-state index in [1.807, 2.05) is 12.1 Å². The molecule has 0 atom stereocenters. The lowest BCUT2D eigenvalue weighted by Gasteiger charge is -2.13. The summed E-state index contributed by atoms with van der Waals surface area (Å²) in [5, 5.41) is 9.68. The van der Waals surface area contributed by atoms with Crippen molar-refractivity contribution in [2.75, 3.05) is 12.3 Å². The molecule has 0 bridgehead atoms. The quantitative estimate of drug-likeness (QED) is 0.696. The first-order valence-corrected chi connectivity index (χ1v) is 7.53. The summed E-state index contributed by atoms with van der Waals surface area (Å²) >= 11 is 1.42. The molecule has 1 aliphatic heterocycles. The number of fused-ring (bicyclic) bond motifs is 1. The number of benzene rings is 2. The zero-order chi connectivity index (χ0) is 14.8. The minimum Gasteiger partial charge on any atom is -0.507 e. The van der Waals surface area contributed by atoms with Crippen LogP contribution < -0.4 is 0 Å². The van der Waals surface area contributed by atoms with E-state index >= 15 is 0 Å². The molecule has 5 heteroatoms. The molecule has 0 radical (unpaired) electrons. The molecule has 1 N–H and O–H groups in total. The third kappa shape index (κ3) is 2.52. The third-order valence-electron chi connectivity index (χ3n) is 3.32. The van der Waals surface area contributed by atoms with E-state index in [9.17, 15) is 14.7 Å². The number of rotatable bonds is 4. The average Bonchev–Trinajstić information content (AvgIpc) is 2.74. The first-order chi connectivity index (χ1) is 10.2. The van der Waals surface area contributed by atoms with Gasteiger partial charge in [-0.1, -0.05) is 24.3 Å². The van der Waals surface area contributed by atoms with Crippen molar-refractivity contribution in [1.82, 2.24) is 4.90 Å². The fraction of sp³-hybridized carbons (Fsp3) is 0.125. The summed E-state index contributed by atoms with van der Waals surface area (Å²) in [5.74, 6) is 0.273. The molecule has 3 rings (SSSR count). The molecule has 0 spiro atoms. The molecule has 0 aliphatic carbocycles. The van der Waals surface area contributed by atoms with Gasteiger partial charge in [-0.05, 0) is 24.3 Å². The number of nitrogens with zero attached hydrogens (tertiary/aromatic N) is 1. The lowest BCUT2D eigenvalue weighted by molar-refractivity contribution is 0.0664. The maximum Gasteiger partial charge on any atom is 0.261 e. The molecule has 2 aromatic carbocycles. The van der Waals surface area contributed by atoms with Crippen molar-refractivity contribution < 1.29 is 14.7 Å². The first kappa shape index (κ1) is 13.7. The summed E-state index contributed by atoms with van der Waals surface area (Å²) in [6, 6.07) is 13.9. The molecule has 0 aromatic heterocycles. The van der Waals surface area contributed by atoms with Crippen LogP contribution in [0, 0.1) is 0 Å². The predicted octanol–water partition coefficient (Wildman–Crippen LogP) is 2.78. The second-order valence-electron chi connectivity index (χ2n) is 4.62. The number of phenolic OH excluding ortho intramolecular Hbond substituents is 1. The van der Waals surface area contributed by atoms with Crippen molar-refractivity contribution in [3.8, 4) is 5.75 Å². The Hall–Kier alpha value is -2.27. The number of amides is 2.